The fraction of sp³-hybridized carbons (Fsp3) is 0.538. The average molecular weight is 284 g/mol. The van der Waals surface area contributed by atoms with E-state index in [0.717, 1.165) is 0 Å². The predicted octanol–water partition coefficient (Wildman–Crippen LogP) is 2.23. The van der Waals surface area contributed by atoms with Crippen molar-refractivity contribution in [2.45, 2.75) is 38.9 Å². The fourth-order valence-corrected chi connectivity index (χ4v) is 2.31. The smallest absolute Gasteiger partial charge is 0.496 e. The van der Waals surface area contributed by atoms with E-state index in [1.807, 2.05) is 27.7 Å². The molecule has 1 aromatic rings. The van der Waals surface area contributed by atoms with Gasteiger partial charge < -0.3 is 19.8 Å². The molecule has 0 amide bonds. The summed E-state index contributed by atoms with van der Waals surface area (Å²) in [7, 11) is 1.02. The van der Waals surface area contributed by atoms with Crippen LogP contribution < -0.4 is 15.9 Å². The van der Waals surface area contributed by atoms with Gasteiger partial charge in [0.1, 0.15) is 5.75 Å². The molecule has 0 aliphatic carbocycles. The topological polar surface area (TPSA) is 53.7 Å². The van der Waals surface area contributed by atoms with Crippen LogP contribution in [-0.4, -0.2) is 25.4 Å². The van der Waals surface area contributed by atoms with Gasteiger partial charge in [-0.25, -0.2) is 0 Å². The first kappa shape index (κ1) is 14.5. The molecule has 0 spiro atoms. The molecule has 1 saturated heterocycles. The monoisotopic (exact) mass is 283 g/mol. The maximum atomic E-state index is 6.14. The molecule has 0 aromatic heterocycles. The molecule has 104 valence electrons. The van der Waals surface area contributed by atoms with Gasteiger partial charge >= 0.3 is 7.12 Å². The van der Waals surface area contributed by atoms with Gasteiger partial charge in [0, 0.05) is 11.2 Å². The van der Waals surface area contributed by atoms with Gasteiger partial charge in [0.05, 0.1) is 23.3 Å². The van der Waals surface area contributed by atoms with E-state index < -0.39 is 18.3 Å². The second-order valence-electron chi connectivity index (χ2n) is 5.71. The van der Waals surface area contributed by atoms with Gasteiger partial charge in [-0.2, -0.15) is 0 Å². The van der Waals surface area contributed by atoms with E-state index in [2.05, 4.69) is 0 Å². The number of anilines is 1. The Hall–Kier alpha value is -0.905. The molecule has 19 heavy (non-hydrogen) atoms. The minimum absolute atomic E-state index is 0.417. The Balaban J connectivity index is 2.45. The van der Waals surface area contributed by atoms with Crippen LogP contribution in [0.3, 0.4) is 0 Å². The van der Waals surface area contributed by atoms with Gasteiger partial charge in [-0.3, -0.25) is 0 Å². The highest BCUT2D eigenvalue weighted by molar-refractivity contribution is 6.64. The van der Waals surface area contributed by atoms with Crippen LogP contribution in [0.1, 0.15) is 27.7 Å². The van der Waals surface area contributed by atoms with Crippen molar-refractivity contribution in [2.75, 3.05) is 12.8 Å². The third-order valence-electron chi connectivity index (χ3n) is 3.81. The Labute approximate surface area is 119 Å². The lowest BCUT2D eigenvalue weighted by atomic mass is 9.78. The van der Waals surface area contributed by atoms with E-state index >= 15 is 0 Å². The number of benzene rings is 1. The summed E-state index contributed by atoms with van der Waals surface area (Å²) in [5.74, 6) is 0.536. The lowest BCUT2D eigenvalue weighted by Crippen LogP contribution is -2.41. The number of hydrogen-bond donors (Lipinski definition) is 1. The normalized spacial score (nSPS) is 20.6. The highest BCUT2D eigenvalue weighted by Gasteiger charge is 2.52. The predicted molar refractivity (Wildman–Crippen MR) is 78.1 cm³/mol. The summed E-state index contributed by atoms with van der Waals surface area (Å²) in [6, 6.07) is 3.42. The quantitative estimate of drug-likeness (QED) is 0.668. The van der Waals surface area contributed by atoms with E-state index in [-0.39, 0.29) is 0 Å². The summed E-state index contributed by atoms with van der Waals surface area (Å²) in [6.45, 7) is 7.97. The number of hydrogen-bond acceptors (Lipinski definition) is 4. The van der Waals surface area contributed by atoms with Gasteiger partial charge in [-0.1, -0.05) is 11.6 Å². The van der Waals surface area contributed by atoms with Gasteiger partial charge in [-0.05, 0) is 39.8 Å². The van der Waals surface area contributed by atoms with E-state index in [0.29, 0.717) is 21.9 Å². The second kappa shape index (κ2) is 4.58. The maximum absolute atomic E-state index is 6.14. The van der Waals surface area contributed by atoms with Crippen molar-refractivity contribution >= 4 is 29.9 Å². The summed E-state index contributed by atoms with van der Waals surface area (Å²) >= 11 is 6.14. The third-order valence-corrected chi connectivity index (χ3v) is 4.09. The number of ether oxygens (including phenoxy) is 1. The summed E-state index contributed by atoms with van der Waals surface area (Å²) < 4.78 is 17.3. The molecule has 1 fully saturated rings. The van der Waals surface area contributed by atoms with Crippen LogP contribution in [0, 0.1) is 0 Å². The van der Waals surface area contributed by atoms with Crippen molar-refractivity contribution in [1.82, 2.24) is 0 Å². The van der Waals surface area contributed by atoms with Crippen LogP contribution in [0.5, 0.6) is 5.75 Å². The highest BCUT2D eigenvalue weighted by Crippen LogP contribution is 2.38. The van der Waals surface area contributed by atoms with Crippen molar-refractivity contribution in [3.8, 4) is 5.75 Å². The van der Waals surface area contributed by atoms with Crippen molar-refractivity contribution < 1.29 is 14.0 Å². The average Bonchev–Trinajstić information content (AvgIpc) is 2.47. The fourth-order valence-electron chi connectivity index (χ4n) is 2.00. The van der Waals surface area contributed by atoms with Crippen molar-refractivity contribution in [1.29, 1.82) is 0 Å². The van der Waals surface area contributed by atoms with Crippen LogP contribution in [0.15, 0.2) is 12.1 Å². The van der Waals surface area contributed by atoms with E-state index in [1.165, 1.54) is 0 Å². The molecule has 1 aliphatic heterocycles. The van der Waals surface area contributed by atoms with Crippen LogP contribution >= 0.6 is 11.6 Å². The zero-order chi connectivity index (χ0) is 14.4. The molecule has 0 saturated carbocycles. The Kier molecular flexibility index (Phi) is 3.50. The second-order valence-corrected chi connectivity index (χ2v) is 6.12. The molecule has 4 nitrogen and oxygen atoms in total. The van der Waals surface area contributed by atoms with Crippen molar-refractivity contribution in [3.05, 3.63) is 17.2 Å². The molecular formula is C13H19BClNO3. The molecule has 1 aromatic carbocycles. The molecule has 0 atom stereocenters. The number of nitrogen functional groups attached to an aromatic ring is 1. The summed E-state index contributed by atoms with van der Waals surface area (Å²) in [6.07, 6.45) is 0. The van der Waals surface area contributed by atoms with Gasteiger partial charge in [0.2, 0.25) is 0 Å². The van der Waals surface area contributed by atoms with E-state index in [4.69, 9.17) is 31.4 Å². The first-order valence-electron chi connectivity index (χ1n) is 6.16. The first-order chi connectivity index (χ1) is 8.68. The van der Waals surface area contributed by atoms with Crippen LogP contribution in [0.4, 0.5) is 5.69 Å². The van der Waals surface area contributed by atoms with Gasteiger partial charge in [-0.15, -0.1) is 0 Å². The van der Waals surface area contributed by atoms with Crippen LogP contribution in [-0.2, 0) is 9.31 Å². The minimum Gasteiger partial charge on any atom is -0.496 e. The zero-order valence-corrected chi connectivity index (χ0v) is 12.7. The minimum atomic E-state index is -0.541. The van der Waals surface area contributed by atoms with Gasteiger partial charge in [0.15, 0.2) is 0 Å². The zero-order valence-electron chi connectivity index (χ0n) is 11.9. The molecule has 0 radical (unpaired) electrons. The Bertz CT molecular complexity index is 489. The summed E-state index contributed by atoms with van der Waals surface area (Å²) in [5, 5.41) is 0.451. The largest absolute Gasteiger partial charge is 0.498 e. The lowest BCUT2D eigenvalue weighted by Gasteiger charge is -2.32. The molecule has 6 heteroatoms. The third kappa shape index (κ3) is 2.42. The Morgan fingerprint density at radius 1 is 1.16 bits per heavy atom. The standard InChI is InChI=1S/C13H19BClNO3/c1-12(2)13(3,4)19-14(18-12)9-6-8(16)7-10(15)11(9)17-5/h6-7H,16H2,1-5H3. The number of rotatable bonds is 2. The molecule has 0 bridgehead atoms. The van der Waals surface area contributed by atoms with Crippen LogP contribution in [0.25, 0.3) is 0 Å². The molecule has 1 aliphatic rings. The Morgan fingerprint density at radius 2 is 1.68 bits per heavy atom. The highest BCUT2D eigenvalue weighted by atomic mass is 35.5. The van der Waals surface area contributed by atoms with Crippen LogP contribution in [0.2, 0.25) is 5.02 Å². The number of methoxy groups -OCH3 is 1. The SMILES string of the molecule is COc1c(Cl)cc(N)cc1B1OC(C)(C)C(C)(C)O1. The lowest BCUT2D eigenvalue weighted by molar-refractivity contribution is 0.00578. The number of nitrogens with two attached hydrogens (primary N) is 1. The summed E-state index contributed by atoms with van der Waals surface area (Å²) in [5.41, 5.74) is 6.27. The van der Waals surface area contributed by atoms with Crippen molar-refractivity contribution in [2.24, 2.45) is 0 Å². The molecule has 1 heterocycles. The van der Waals surface area contributed by atoms with Crippen molar-refractivity contribution in [3.63, 3.8) is 0 Å². The van der Waals surface area contributed by atoms with E-state index in [9.17, 15) is 0 Å². The molecule has 2 rings (SSSR count). The molecular weight excluding hydrogens is 264 g/mol. The van der Waals surface area contributed by atoms with E-state index in [1.54, 1.807) is 19.2 Å². The summed E-state index contributed by atoms with van der Waals surface area (Å²) in [4.78, 5) is 0. The molecule has 0 unspecified atom stereocenters. The number of halogens is 1. The Morgan fingerprint density at radius 3 is 2.16 bits per heavy atom. The van der Waals surface area contributed by atoms with Gasteiger partial charge in [0.25, 0.3) is 0 Å². The maximum Gasteiger partial charge on any atom is 0.498 e. The first-order valence-corrected chi connectivity index (χ1v) is 6.54. The molecule has 2 N–H and O–H groups in total.